The van der Waals surface area contributed by atoms with Crippen molar-refractivity contribution in [3.05, 3.63) is 17.7 Å². The van der Waals surface area contributed by atoms with Gasteiger partial charge in [0.25, 0.3) is 0 Å². The van der Waals surface area contributed by atoms with Gasteiger partial charge in [0.2, 0.25) is 10.0 Å². The van der Waals surface area contributed by atoms with E-state index in [0.717, 1.165) is 18.4 Å². The Kier molecular flexibility index (Phi) is 3.81. The molecule has 2 aliphatic heterocycles. The van der Waals surface area contributed by atoms with E-state index in [0.29, 0.717) is 37.6 Å². The van der Waals surface area contributed by atoms with Crippen molar-refractivity contribution in [3.8, 4) is 5.75 Å². The molecule has 0 amide bonds. The zero-order valence-electron chi connectivity index (χ0n) is 12.0. The number of methoxy groups -OCH3 is 1. The Hall–Kier alpha value is -1.31. The van der Waals surface area contributed by atoms with Gasteiger partial charge in [0.05, 0.1) is 12.7 Å². The van der Waals surface area contributed by atoms with Crippen LogP contribution in [0.1, 0.15) is 18.4 Å². The molecule has 2 N–H and O–H groups in total. The summed E-state index contributed by atoms with van der Waals surface area (Å²) in [5.41, 5.74) is 7.20. The van der Waals surface area contributed by atoms with Crippen molar-refractivity contribution in [1.82, 2.24) is 4.31 Å². The highest BCUT2D eigenvalue weighted by Crippen LogP contribution is 2.37. The van der Waals surface area contributed by atoms with E-state index in [1.807, 2.05) is 0 Å². The molecule has 0 aromatic heterocycles. The molecule has 0 bridgehead atoms. The first-order valence-electron chi connectivity index (χ1n) is 7.10. The molecule has 1 unspecified atom stereocenters. The van der Waals surface area contributed by atoms with Crippen molar-refractivity contribution < 1.29 is 17.9 Å². The summed E-state index contributed by atoms with van der Waals surface area (Å²) in [6.45, 7) is 1.38. The first-order chi connectivity index (χ1) is 10.0. The second-order valence-electron chi connectivity index (χ2n) is 5.47. The number of aryl methyl sites for hydroxylation is 1. The normalized spacial score (nSPS) is 22.8. The number of nitrogens with zero attached hydrogens (tertiary/aromatic N) is 1. The molecule has 1 atom stereocenters. The van der Waals surface area contributed by atoms with Gasteiger partial charge in [-0.25, -0.2) is 8.42 Å². The molecule has 0 radical (unpaired) electrons. The average molecular weight is 312 g/mol. The van der Waals surface area contributed by atoms with E-state index in [4.69, 9.17) is 15.2 Å². The average Bonchev–Trinajstić information content (AvgIpc) is 2.96. The van der Waals surface area contributed by atoms with Crippen LogP contribution in [0, 0.1) is 0 Å². The van der Waals surface area contributed by atoms with Crippen molar-refractivity contribution in [2.24, 2.45) is 0 Å². The van der Waals surface area contributed by atoms with Crippen LogP contribution in [0.25, 0.3) is 0 Å². The van der Waals surface area contributed by atoms with Crippen LogP contribution in [-0.2, 0) is 21.2 Å². The molecule has 1 aromatic carbocycles. The third kappa shape index (κ3) is 2.61. The molecule has 3 rings (SSSR count). The van der Waals surface area contributed by atoms with Crippen molar-refractivity contribution >= 4 is 15.7 Å². The molecule has 1 aromatic rings. The van der Waals surface area contributed by atoms with Crippen LogP contribution in [0.2, 0.25) is 0 Å². The van der Waals surface area contributed by atoms with E-state index in [9.17, 15) is 8.42 Å². The van der Waals surface area contributed by atoms with Crippen molar-refractivity contribution in [1.29, 1.82) is 0 Å². The molecule has 7 heteroatoms. The summed E-state index contributed by atoms with van der Waals surface area (Å²) in [5.74, 6) is 0.469. The smallest absolute Gasteiger partial charge is 0.246 e. The lowest BCUT2D eigenvalue weighted by Gasteiger charge is -2.23. The Labute approximate surface area is 124 Å². The fraction of sp³-hybridized carbons (Fsp3) is 0.571. The van der Waals surface area contributed by atoms with Crippen LogP contribution >= 0.6 is 0 Å². The third-order valence-corrected chi connectivity index (χ3v) is 5.92. The molecule has 2 aliphatic rings. The summed E-state index contributed by atoms with van der Waals surface area (Å²) < 4.78 is 38.0. The number of nitrogen functional groups attached to an aromatic ring is 1. The van der Waals surface area contributed by atoms with Crippen LogP contribution in [-0.4, -0.2) is 45.6 Å². The summed E-state index contributed by atoms with van der Waals surface area (Å²) in [4.78, 5) is 0.189. The van der Waals surface area contributed by atoms with Crippen LogP contribution in [0.15, 0.2) is 17.0 Å². The lowest BCUT2D eigenvalue weighted by atomic mass is 10.1. The third-order valence-electron chi connectivity index (χ3n) is 4.05. The van der Waals surface area contributed by atoms with Gasteiger partial charge >= 0.3 is 0 Å². The van der Waals surface area contributed by atoms with Gasteiger partial charge < -0.3 is 15.2 Å². The maximum Gasteiger partial charge on any atom is 0.246 e. The standard InChI is InChI=1S/C14H20N2O4S/c1-19-12-4-5-16(9-12)21(17,18)13-8-11(15)7-10-3-2-6-20-14(10)13/h7-8,12H,2-6,9,15H2,1H3. The predicted octanol–water partition coefficient (Wildman–Crippen LogP) is 1.00. The number of hydrogen-bond donors (Lipinski definition) is 1. The molecule has 1 fully saturated rings. The van der Waals surface area contributed by atoms with Gasteiger partial charge in [-0.3, -0.25) is 0 Å². The Morgan fingerprint density at radius 1 is 1.43 bits per heavy atom. The molecule has 0 spiro atoms. The quantitative estimate of drug-likeness (QED) is 0.842. The second kappa shape index (κ2) is 5.47. The molecular weight excluding hydrogens is 292 g/mol. The molecular formula is C14H20N2O4S. The maximum atomic E-state index is 12.9. The number of ether oxygens (including phenoxy) is 2. The number of hydrogen-bond acceptors (Lipinski definition) is 5. The van der Waals surface area contributed by atoms with E-state index in [1.165, 1.54) is 10.4 Å². The Balaban J connectivity index is 2.01. The molecule has 6 nitrogen and oxygen atoms in total. The summed E-state index contributed by atoms with van der Waals surface area (Å²) in [6, 6.07) is 3.30. The first kappa shape index (κ1) is 14.6. The molecule has 116 valence electrons. The summed E-state index contributed by atoms with van der Waals surface area (Å²) >= 11 is 0. The van der Waals surface area contributed by atoms with Crippen LogP contribution in [0.4, 0.5) is 5.69 Å². The molecule has 2 heterocycles. The fourth-order valence-electron chi connectivity index (χ4n) is 2.91. The zero-order valence-corrected chi connectivity index (χ0v) is 12.9. The number of anilines is 1. The molecule has 1 saturated heterocycles. The minimum atomic E-state index is -3.60. The lowest BCUT2D eigenvalue weighted by Crippen LogP contribution is -2.31. The monoisotopic (exact) mass is 312 g/mol. The van der Waals surface area contributed by atoms with Gasteiger partial charge in [-0.2, -0.15) is 4.31 Å². The SMILES string of the molecule is COC1CCN(S(=O)(=O)c2cc(N)cc3c2OCCC3)C1. The zero-order chi connectivity index (χ0) is 15.0. The number of nitrogens with two attached hydrogens (primary N) is 1. The lowest BCUT2D eigenvalue weighted by molar-refractivity contribution is 0.115. The largest absolute Gasteiger partial charge is 0.492 e. The summed E-state index contributed by atoms with van der Waals surface area (Å²) in [7, 11) is -1.99. The van der Waals surface area contributed by atoms with Crippen LogP contribution in [0.3, 0.4) is 0 Å². The van der Waals surface area contributed by atoms with Gasteiger partial charge in [-0.05, 0) is 37.0 Å². The van der Waals surface area contributed by atoms with Gasteiger partial charge in [0.15, 0.2) is 0 Å². The predicted molar refractivity (Wildman–Crippen MR) is 78.8 cm³/mol. The van der Waals surface area contributed by atoms with E-state index < -0.39 is 10.0 Å². The highest BCUT2D eigenvalue weighted by molar-refractivity contribution is 7.89. The maximum absolute atomic E-state index is 12.9. The number of sulfonamides is 1. The number of benzene rings is 1. The first-order valence-corrected chi connectivity index (χ1v) is 8.54. The van der Waals surface area contributed by atoms with Gasteiger partial charge in [0.1, 0.15) is 10.6 Å². The molecule has 21 heavy (non-hydrogen) atoms. The summed E-state index contributed by atoms with van der Waals surface area (Å²) in [5, 5.41) is 0. The molecule has 0 saturated carbocycles. The highest BCUT2D eigenvalue weighted by atomic mass is 32.2. The number of rotatable bonds is 3. The topological polar surface area (TPSA) is 81.9 Å². The Morgan fingerprint density at radius 3 is 2.95 bits per heavy atom. The number of fused-ring (bicyclic) bond motifs is 1. The van der Waals surface area contributed by atoms with E-state index in [2.05, 4.69) is 0 Å². The van der Waals surface area contributed by atoms with Crippen molar-refractivity contribution in [2.45, 2.75) is 30.3 Å². The summed E-state index contributed by atoms with van der Waals surface area (Å²) in [6.07, 6.45) is 2.34. The van der Waals surface area contributed by atoms with Gasteiger partial charge in [-0.1, -0.05) is 0 Å². The van der Waals surface area contributed by atoms with Crippen molar-refractivity contribution in [3.63, 3.8) is 0 Å². The minimum absolute atomic E-state index is 0.0439. The highest BCUT2D eigenvalue weighted by Gasteiger charge is 2.35. The fourth-order valence-corrected chi connectivity index (χ4v) is 4.60. The van der Waals surface area contributed by atoms with Crippen molar-refractivity contribution in [2.75, 3.05) is 32.5 Å². The Bertz CT molecular complexity index is 645. The van der Waals surface area contributed by atoms with Crippen LogP contribution < -0.4 is 10.5 Å². The second-order valence-corrected chi connectivity index (χ2v) is 7.38. The molecule has 0 aliphatic carbocycles. The van der Waals surface area contributed by atoms with Crippen LogP contribution in [0.5, 0.6) is 5.75 Å². The Morgan fingerprint density at radius 2 is 2.24 bits per heavy atom. The van der Waals surface area contributed by atoms with E-state index >= 15 is 0 Å². The van der Waals surface area contributed by atoms with Gasteiger partial charge in [-0.15, -0.1) is 0 Å². The minimum Gasteiger partial charge on any atom is -0.492 e. The van der Waals surface area contributed by atoms with E-state index in [1.54, 1.807) is 13.2 Å². The van der Waals surface area contributed by atoms with E-state index in [-0.39, 0.29) is 11.0 Å². The van der Waals surface area contributed by atoms with Gasteiger partial charge in [0, 0.05) is 25.9 Å².